The molecule has 5 heteroatoms. The Morgan fingerprint density at radius 3 is 2.82 bits per heavy atom. The monoisotopic (exact) mass is 305 g/mol. The van der Waals surface area contributed by atoms with Crippen molar-refractivity contribution in [3.8, 4) is 5.75 Å². The van der Waals surface area contributed by atoms with E-state index in [2.05, 4.69) is 28.0 Å². The van der Waals surface area contributed by atoms with Gasteiger partial charge in [0.2, 0.25) is 0 Å². The van der Waals surface area contributed by atoms with Crippen molar-refractivity contribution in [2.75, 3.05) is 51.4 Å². The minimum Gasteiger partial charge on any atom is -0.497 e. The van der Waals surface area contributed by atoms with Crippen molar-refractivity contribution >= 4 is 5.69 Å². The lowest BCUT2D eigenvalue weighted by Gasteiger charge is -2.35. The standard InChI is InChI=1S/C17H27N3O2/c1-21-16-4-5-17(20-6-2-3-15(18)13-20)14(11-16)12-19-7-9-22-10-8-19/h4-5,11,15H,2-3,6-10,12-13,18H2,1H3/t15-/m1/s1. The number of morpholine rings is 1. The molecule has 2 heterocycles. The second-order valence-corrected chi connectivity index (χ2v) is 6.23. The third-order valence-electron chi connectivity index (χ3n) is 4.58. The lowest BCUT2D eigenvalue weighted by atomic mass is 10.0. The van der Waals surface area contributed by atoms with Gasteiger partial charge in [-0.15, -0.1) is 0 Å². The molecule has 0 amide bonds. The smallest absolute Gasteiger partial charge is 0.119 e. The Kier molecular flexibility index (Phi) is 5.18. The van der Waals surface area contributed by atoms with Crippen LogP contribution in [0.4, 0.5) is 5.69 Å². The molecule has 2 aliphatic rings. The van der Waals surface area contributed by atoms with E-state index in [0.29, 0.717) is 0 Å². The highest BCUT2D eigenvalue weighted by Crippen LogP contribution is 2.29. The fraction of sp³-hybridized carbons (Fsp3) is 0.647. The molecule has 0 saturated carbocycles. The van der Waals surface area contributed by atoms with E-state index in [1.54, 1.807) is 7.11 Å². The van der Waals surface area contributed by atoms with Crippen LogP contribution in [0, 0.1) is 0 Å². The predicted molar refractivity (Wildman–Crippen MR) is 88.5 cm³/mol. The van der Waals surface area contributed by atoms with Crippen LogP contribution < -0.4 is 15.4 Å². The van der Waals surface area contributed by atoms with Gasteiger partial charge in [-0.25, -0.2) is 0 Å². The maximum atomic E-state index is 6.16. The molecule has 0 unspecified atom stereocenters. The van der Waals surface area contributed by atoms with Crippen LogP contribution in [0.15, 0.2) is 18.2 Å². The Balaban J connectivity index is 1.81. The first-order valence-corrected chi connectivity index (χ1v) is 8.24. The van der Waals surface area contributed by atoms with Crippen LogP contribution in [0.2, 0.25) is 0 Å². The minimum atomic E-state index is 0.284. The van der Waals surface area contributed by atoms with Crippen molar-refractivity contribution in [2.45, 2.75) is 25.4 Å². The zero-order chi connectivity index (χ0) is 15.4. The maximum Gasteiger partial charge on any atom is 0.119 e. The molecule has 1 aromatic carbocycles. The molecule has 0 spiro atoms. The lowest BCUT2D eigenvalue weighted by Crippen LogP contribution is -2.43. The number of rotatable bonds is 4. The average Bonchev–Trinajstić information content (AvgIpc) is 2.55. The summed E-state index contributed by atoms with van der Waals surface area (Å²) in [6.07, 6.45) is 2.30. The van der Waals surface area contributed by atoms with Gasteiger partial charge in [0.25, 0.3) is 0 Å². The van der Waals surface area contributed by atoms with Crippen LogP contribution in [-0.2, 0) is 11.3 Å². The molecule has 3 rings (SSSR count). The maximum absolute atomic E-state index is 6.16. The molecule has 0 aromatic heterocycles. The Morgan fingerprint density at radius 1 is 1.27 bits per heavy atom. The number of hydrogen-bond donors (Lipinski definition) is 1. The first-order valence-electron chi connectivity index (χ1n) is 8.24. The molecule has 2 saturated heterocycles. The van der Waals surface area contributed by atoms with Crippen molar-refractivity contribution in [3.05, 3.63) is 23.8 Å². The zero-order valence-electron chi connectivity index (χ0n) is 13.5. The molecule has 2 N–H and O–H groups in total. The minimum absolute atomic E-state index is 0.284. The van der Waals surface area contributed by atoms with Crippen LogP contribution in [0.3, 0.4) is 0 Å². The zero-order valence-corrected chi connectivity index (χ0v) is 13.5. The van der Waals surface area contributed by atoms with Crippen LogP contribution in [0.25, 0.3) is 0 Å². The van der Waals surface area contributed by atoms with E-state index in [1.165, 1.54) is 17.7 Å². The van der Waals surface area contributed by atoms with Gasteiger partial charge in [-0.1, -0.05) is 0 Å². The van der Waals surface area contributed by atoms with Gasteiger partial charge in [0, 0.05) is 44.5 Å². The molecule has 0 radical (unpaired) electrons. The van der Waals surface area contributed by atoms with Crippen molar-refractivity contribution < 1.29 is 9.47 Å². The van der Waals surface area contributed by atoms with Crippen molar-refractivity contribution in [1.82, 2.24) is 4.90 Å². The summed E-state index contributed by atoms with van der Waals surface area (Å²) in [5.74, 6) is 0.924. The summed E-state index contributed by atoms with van der Waals surface area (Å²) < 4.78 is 10.9. The second kappa shape index (κ2) is 7.31. The Morgan fingerprint density at radius 2 is 2.09 bits per heavy atom. The van der Waals surface area contributed by atoms with Crippen LogP contribution in [-0.4, -0.2) is 57.4 Å². The highest BCUT2D eigenvalue weighted by molar-refractivity contribution is 5.57. The first-order chi connectivity index (χ1) is 10.8. The summed E-state index contributed by atoms with van der Waals surface area (Å²) in [6, 6.07) is 6.70. The second-order valence-electron chi connectivity index (χ2n) is 6.23. The van der Waals surface area contributed by atoms with E-state index >= 15 is 0 Å². The van der Waals surface area contributed by atoms with E-state index < -0.39 is 0 Å². The van der Waals surface area contributed by atoms with E-state index in [1.807, 2.05) is 0 Å². The number of anilines is 1. The summed E-state index contributed by atoms with van der Waals surface area (Å²) >= 11 is 0. The fourth-order valence-electron chi connectivity index (χ4n) is 3.35. The summed E-state index contributed by atoms with van der Waals surface area (Å²) in [7, 11) is 1.73. The number of nitrogens with zero attached hydrogens (tertiary/aromatic N) is 2. The molecular formula is C17H27N3O2. The highest BCUT2D eigenvalue weighted by atomic mass is 16.5. The molecule has 2 fully saturated rings. The van der Waals surface area contributed by atoms with Crippen LogP contribution in [0.1, 0.15) is 18.4 Å². The molecule has 0 bridgehead atoms. The van der Waals surface area contributed by atoms with Gasteiger partial charge in [-0.05, 0) is 36.6 Å². The van der Waals surface area contributed by atoms with Gasteiger partial charge >= 0.3 is 0 Å². The molecule has 2 aliphatic heterocycles. The van der Waals surface area contributed by atoms with E-state index in [9.17, 15) is 0 Å². The summed E-state index contributed by atoms with van der Waals surface area (Å²) in [6.45, 7) is 6.63. The van der Waals surface area contributed by atoms with Gasteiger partial charge in [-0.2, -0.15) is 0 Å². The van der Waals surface area contributed by atoms with E-state index in [0.717, 1.165) is 58.1 Å². The van der Waals surface area contributed by atoms with Crippen molar-refractivity contribution in [3.63, 3.8) is 0 Å². The number of ether oxygens (including phenoxy) is 2. The molecule has 0 aliphatic carbocycles. The number of methoxy groups -OCH3 is 1. The number of hydrogen-bond acceptors (Lipinski definition) is 5. The largest absolute Gasteiger partial charge is 0.497 e. The Hall–Kier alpha value is -1.30. The molecule has 1 atom stereocenters. The average molecular weight is 305 g/mol. The van der Waals surface area contributed by atoms with Gasteiger partial charge in [0.15, 0.2) is 0 Å². The normalized spacial score (nSPS) is 23.5. The lowest BCUT2D eigenvalue weighted by molar-refractivity contribution is 0.0342. The summed E-state index contributed by atoms with van der Waals surface area (Å²) in [5, 5.41) is 0. The van der Waals surface area contributed by atoms with Gasteiger partial charge in [0.1, 0.15) is 5.75 Å². The highest BCUT2D eigenvalue weighted by Gasteiger charge is 2.21. The molecular weight excluding hydrogens is 278 g/mol. The quantitative estimate of drug-likeness (QED) is 0.912. The van der Waals surface area contributed by atoms with Gasteiger partial charge in [-0.3, -0.25) is 4.90 Å². The molecule has 1 aromatic rings. The fourth-order valence-corrected chi connectivity index (χ4v) is 3.35. The SMILES string of the molecule is COc1ccc(N2CCC[C@@H](N)C2)c(CN2CCOCC2)c1. The van der Waals surface area contributed by atoms with Crippen molar-refractivity contribution in [1.29, 1.82) is 0 Å². The summed E-state index contributed by atoms with van der Waals surface area (Å²) in [5.41, 5.74) is 8.80. The topological polar surface area (TPSA) is 51.0 Å². The van der Waals surface area contributed by atoms with Crippen LogP contribution >= 0.6 is 0 Å². The number of benzene rings is 1. The Labute approximate surface area is 133 Å². The molecule has 122 valence electrons. The van der Waals surface area contributed by atoms with E-state index in [4.69, 9.17) is 15.2 Å². The third kappa shape index (κ3) is 3.72. The first kappa shape index (κ1) is 15.6. The van der Waals surface area contributed by atoms with Crippen molar-refractivity contribution in [2.24, 2.45) is 5.73 Å². The predicted octanol–water partition coefficient (Wildman–Crippen LogP) is 1.45. The summed E-state index contributed by atoms with van der Waals surface area (Å²) in [4.78, 5) is 4.88. The van der Waals surface area contributed by atoms with E-state index in [-0.39, 0.29) is 6.04 Å². The number of piperidine rings is 1. The van der Waals surface area contributed by atoms with Gasteiger partial charge < -0.3 is 20.1 Å². The third-order valence-corrected chi connectivity index (χ3v) is 4.58. The Bertz CT molecular complexity index is 489. The molecule has 5 nitrogen and oxygen atoms in total. The molecule has 22 heavy (non-hydrogen) atoms. The number of nitrogens with two attached hydrogens (primary N) is 1. The van der Waals surface area contributed by atoms with Gasteiger partial charge in [0.05, 0.1) is 20.3 Å². The van der Waals surface area contributed by atoms with Crippen LogP contribution in [0.5, 0.6) is 5.75 Å².